The maximum absolute atomic E-state index is 10.5. The van der Waals surface area contributed by atoms with Gasteiger partial charge in [-0.1, -0.05) is 30.3 Å². The Kier molecular flexibility index (Phi) is 3.62. The fourth-order valence-electron chi connectivity index (χ4n) is 2.08. The first-order valence-electron chi connectivity index (χ1n) is 6.52. The van der Waals surface area contributed by atoms with E-state index in [2.05, 4.69) is 23.3 Å². The van der Waals surface area contributed by atoms with Gasteiger partial charge in [-0.2, -0.15) is 0 Å². The molecule has 3 rings (SSSR count). The van der Waals surface area contributed by atoms with Crippen LogP contribution in [-0.2, 0) is 6.42 Å². The Balaban J connectivity index is 1.97. The van der Waals surface area contributed by atoms with Crippen molar-refractivity contribution in [2.24, 2.45) is 0 Å². The third kappa shape index (κ3) is 2.37. The van der Waals surface area contributed by atoms with Crippen molar-refractivity contribution in [1.82, 2.24) is 15.0 Å². The van der Waals surface area contributed by atoms with E-state index in [1.54, 1.807) is 22.2 Å². The zero-order valence-electron chi connectivity index (χ0n) is 11.1. The summed E-state index contributed by atoms with van der Waals surface area (Å²) < 4.78 is 1.68. The van der Waals surface area contributed by atoms with E-state index in [-0.39, 0.29) is 0 Å². The van der Waals surface area contributed by atoms with Gasteiger partial charge in [-0.05, 0) is 30.7 Å². The summed E-state index contributed by atoms with van der Waals surface area (Å²) in [7, 11) is 0. The van der Waals surface area contributed by atoms with E-state index in [1.165, 1.54) is 4.88 Å². The third-order valence-corrected chi connectivity index (χ3v) is 4.44. The first kappa shape index (κ1) is 13.0. The number of thiophene rings is 1. The second-order valence-corrected chi connectivity index (χ2v) is 5.67. The number of hydrogen-bond donors (Lipinski definition) is 1. The van der Waals surface area contributed by atoms with E-state index < -0.39 is 6.10 Å². The topological polar surface area (TPSA) is 50.9 Å². The second-order valence-electron chi connectivity index (χ2n) is 4.47. The summed E-state index contributed by atoms with van der Waals surface area (Å²) in [5, 5.41) is 18.5. The minimum Gasteiger partial charge on any atom is -0.381 e. The monoisotopic (exact) mass is 285 g/mol. The predicted molar refractivity (Wildman–Crippen MR) is 79.1 cm³/mol. The molecule has 0 radical (unpaired) electrons. The van der Waals surface area contributed by atoms with Gasteiger partial charge in [0.1, 0.15) is 6.10 Å². The third-order valence-electron chi connectivity index (χ3n) is 3.16. The minimum absolute atomic E-state index is 0.681. The SMILES string of the molecule is CCc1ccc(C(O)c2cnnn2-c2ccccc2)s1. The van der Waals surface area contributed by atoms with Crippen molar-refractivity contribution in [2.45, 2.75) is 19.4 Å². The number of aromatic nitrogens is 3. The van der Waals surface area contributed by atoms with Gasteiger partial charge < -0.3 is 5.11 Å². The standard InChI is InChI=1S/C15H15N3OS/c1-2-12-8-9-14(20-12)15(19)13-10-16-17-18(13)11-6-4-3-5-7-11/h3-10,15,19H,2H2,1H3. The molecule has 1 N–H and O–H groups in total. The number of aryl methyl sites for hydroxylation is 1. The van der Waals surface area contributed by atoms with Crippen molar-refractivity contribution in [3.05, 3.63) is 64.1 Å². The summed E-state index contributed by atoms with van der Waals surface area (Å²) >= 11 is 1.62. The summed E-state index contributed by atoms with van der Waals surface area (Å²) in [5.41, 5.74) is 1.58. The number of aliphatic hydroxyl groups is 1. The summed E-state index contributed by atoms with van der Waals surface area (Å²) in [6.07, 6.45) is 1.90. The highest BCUT2D eigenvalue weighted by atomic mass is 32.1. The van der Waals surface area contributed by atoms with E-state index in [9.17, 15) is 5.11 Å². The molecule has 0 saturated carbocycles. The van der Waals surface area contributed by atoms with E-state index in [4.69, 9.17) is 0 Å². The maximum atomic E-state index is 10.5. The van der Waals surface area contributed by atoms with Gasteiger partial charge in [0.15, 0.2) is 0 Å². The Labute approximate surface area is 121 Å². The van der Waals surface area contributed by atoms with E-state index >= 15 is 0 Å². The molecule has 2 aromatic heterocycles. The van der Waals surface area contributed by atoms with Crippen LogP contribution in [0.2, 0.25) is 0 Å². The van der Waals surface area contributed by atoms with Gasteiger partial charge in [-0.25, -0.2) is 4.68 Å². The second kappa shape index (κ2) is 5.56. The van der Waals surface area contributed by atoms with Gasteiger partial charge in [-0.15, -0.1) is 16.4 Å². The lowest BCUT2D eigenvalue weighted by Gasteiger charge is -2.10. The molecule has 3 aromatic rings. The van der Waals surface area contributed by atoms with Crippen LogP contribution in [0.1, 0.15) is 28.5 Å². The fourth-order valence-corrected chi connectivity index (χ4v) is 3.03. The molecule has 0 aliphatic heterocycles. The molecule has 102 valence electrons. The van der Waals surface area contributed by atoms with Crippen LogP contribution in [0.15, 0.2) is 48.7 Å². The van der Waals surface area contributed by atoms with Crippen LogP contribution in [-0.4, -0.2) is 20.1 Å². The Hall–Kier alpha value is -1.98. The van der Waals surface area contributed by atoms with Crippen molar-refractivity contribution in [3.63, 3.8) is 0 Å². The summed E-state index contributed by atoms with van der Waals surface area (Å²) in [6, 6.07) is 13.7. The van der Waals surface area contributed by atoms with Crippen LogP contribution in [0, 0.1) is 0 Å². The molecule has 0 spiro atoms. The van der Waals surface area contributed by atoms with Crippen LogP contribution in [0.25, 0.3) is 5.69 Å². The predicted octanol–water partition coefficient (Wildman–Crippen LogP) is 2.97. The molecule has 4 nitrogen and oxygen atoms in total. The summed E-state index contributed by atoms with van der Waals surface area (Å²) in [5.74, 6) is 0. The van der Waals surface area contributed by atoms with Crippen molar-refractivity contribution >= 4 is 11.3 Å². The number of benzene rings is 1. The molecule has 0 amide bonds. The van der Waals surface area contributed by atoms with E-state index in [0.717, 1.165) is 17.0 Å². The zero-order valence-corrected chi connectivity index (χ0v) is 11.9. The van der Waals surface area contributed by atoms with E-state index in [1.807, 2.05) is 36.4 Å². The smallest absolute Gasteiger partial charge is 0.132 e. The fraction of sp³-hybridized carbons (Fsp3) is 0.200. The largest absolute Gasteiger partial charge is 0.381 e. The number of hydrogen-bond acceptors (Lipinski definition) is 4. The van der Waals surface area contributed by atoms with Gasteiger partial charge >= 0.3 is 0 Å². The first-order chi connectivity index (χ1) is 9.79. The highest BCUT2D eigenvalue weighted by Crippen LogP contribution is 2.29. The average molecular weight is 285 g/mol. The van der Waals surface area contributed by atoms with E-state index in [0.29, 0.717) is 5.69 Å². The molecule has 1 aromatic carbocycles. The van der Waals surface area contributed by atoms with Crippen molar-refractivity contribution in [3.8, 4) is 5.69 Å². The lowest BCUT2D eigenvalue weighted by atomic mass is 10.2. The lowest BCUT2D eigenvalue weighted by molar-refractivity contribution is 0.216. The summed E-state index contributed by atoms with van der Waals surface area (Å²) in [6.45, 7) is 2.11. The molecule has 1 unspecified atom stereocenters. The van der Waals surface area contributed by atoms with Gasteiger partial charge in [0, 0.05) is 9.75 Å². The average Bonchev–Trinajstić information content (AvgIpc) is 3.16. The summed E-state index contributed by atoms with van der Waals surface area (Å²) in [4.78, 5) is 2.18. The number of para-hydroxylation sites is 1. The molecule has 20 heavy (non-hydrogen) atoms. The zero-order chi connectivity index (χ0) is 13.9. The van der Waals surface area contributed by atoms with Crippen molar-refractivity contribution < 1.29 is 5.11 Å². The Bertz CT molecular complexity index is 690. The number of nitrogens with zero attached hydrogens (tertiary/aromatic N) is 3. The molecule has 5 heteroatoms. The quantitative estimate of drug-likeness (QED) is 0.801. The number of rotatable bonds is 4. The van der Waals surface area contributed by atoms with Gasteiger partial charge in [-0.3, -0.25) is 0 Å². The minimum atomic E-state index is -0.699. The van der Waals surface area contributed by atoms with Gasteiger partial charge in [0.05, 0.1) is 17.6 Å². The molecule has 0 aliphatic carbocycles. The van der Waals surface area contributed by atoms with Gasteiger partial charge in [0.2, 0.25) is 0 Å². The Morgan fingerprint density at radius 1 is 1.20 bits per heavy atom. The Morgan fingerprint density at radius 3 is 2.70 bits per heavy atom. The molecule has 1 atom stereocenters. The lowest BCUT2D eigenvalue weighted by Crippen LogP contribution is -2.07. The molecule has 2 heterocycles. The number of aliphatic hydroxyl groups excluding tert-OH is 1. The van der Waals surface area contributed by atoms with Crippen LogP contribution >= 0.6 is 11.3 Å². The Morgan fingerprint density at radius 2 is 2.00 bits per heavy atom. The molecular formula is C15H15N3OS. The van der Waals surface area contributed by atoms with Crippen molar-refractivity contribution in [2.75, 3.05) is 0 Å². The molecule has 0 aliphatic rings. The molecule has 0 saturated heterocycles. The maximum Gasteiger partial charge on any atom is 0.132 e. The van der Waals surface area contributed by atoms with Crippen LogP contribution in [0.5, 0.6) is 0 Å². The molecule has 0 fully saturated rings. The highest BCUT2D eigenvalue weighted by molar-refractivity contribution is 7.12. The normalized spacial score (nSPS) is 12.5. The van der Waals surface area contributed by atoms with Crippen molar-refractivity contribution in [1.29, 1.82) is 0 Å². The highest BCUT2D eigenvalue weighted by Gasteiger charge is 2.18. The first-order valence-corrected chi connectivity index (χ1v) is 7.34. The van der Waals surface area contributed by atoms with Crippen LogP contribution < -0.4 is 0 Å². The molecular weight excluding hydrogens is 270 g/mol. The van der Waals surface area contributed by atoms with Crippen LogP contribution in [0.4, 0.5) is 0 Å². The van der Waals surface area contributed by atoms with Gasteiger partial charge in [0.25, 0.3) is 0 Å². The van der Waals surface area contributed by atoms with Crippen LogP contribution in [0.3, 0.4) is 0 Å². The molecule has 0 bridgehead atoms.